The molecule has 0 aromatic heterocycles. The second kappa shape index (κ2) is 7.65. The first-order valence-corrected chi connectivity index (χ1v) is 7.64. The third-order valence-corrected chi connectivity index (χ3v) is 4.23. The summed E-state index contributed by atoms with van der Waals surface area (Å²) in [7, 11) is 3.77. The number of rotatable bonds is 6. The molecule has 3 atom stereocenters. The van der Waals surface area contributed by atoms with Crippen molar-refractivity contribution >= 4 is 0 Å². The highest BCUT2D eigenvalue weighted by Gasteiger charge is 2.29. The zero-order valence-electron chi connectivity index (χ0n) is 12.9. The molecule has 3 nitrogen and oxygen atoms in total. The molecule has 1 aromatic carbocycles. The van der Waals surface area contributed by atoms with Gasteiger partial charge in [0, 0.05) is 13.2 Å². The monoisotopic (exact) mass is 277 g/mol. The second-order valence-corrected chi connectivity index (χ2v) is 5.86. The van der Waals surface area contributed by atoms with Gasteiger partial charge in [-0.2, -0.15) is 0 Å². The number of benzene rings is 1. The number of likely N-dealkylation sites (N-methyl/N-ethyl adjacent to an activating group) is 1. The van der Waals surface area contributed by atoms with E-state index < -0.39 is 0 Å². The zero-order valence-corrected chi connectivity index (χ0v) is 12.9. The van der Waals surface area contributed by atoms with Crippen LogP contribution in [0.3, 0.4) is 0 Å². The smallest absolute Gasteiger partial charge is 0.119 e. The molecule has 2 rings (SSSR count). The van der Waals surface area contributed by atoms with Crippen LogP contribution < -0.4 is 10.1 Å². The summed E-state index contributed by atoms with van der Waals surface area (Å²) in [6.45, 7) is 3.08. The summed E-state index contributed by atoms with van der Waals surface area (Å²) in [5.74, 6) is 1.73. The normalized spacial score (nSPS) is 26.4. The highest BCUT2D eigenvalue weighted by Crippen LogP contribution is 2.28. The molecule has 0 radical (unpaired) electrons. The lowest BCUT2D eigenvalue weighted by Crippen LogP contribution is -2.45. The molecule has 3 heteroatoms. The van der Waals surface area contributed by atoms with Crippen molar-refractivity contribution in [3.63, 3.8) is 0 Å². The van der Waals surface area contributed by atoms with Crippen molar-refractivity contribution in [1.29, 1.82) is 0 Å². The van der Waals surface area contributed by atoms with Gasteiger partial charge in [0.2, 0.25) is 0 Å². The fourth-order valence-corrected chi connectivity index (χ4v) is 2.92. The molecule has 1 aromatic rings. The Morgan fingerprint density at radius 2 is 1.95 bits per heavy atom. The van der Waals surface area contributed by atoms with Crippen LogP contribution in [0.15, 0.2) is 24.3 Å². The molecule has 0 spiro atoms. The van der Waals surface area contributed by atoms with E-state index in [1.54, 1.807) is 7.11 Å². The van der Waals surface area contributed by atoms with Gasteiger partial charge in [-0.25, -0.2) is 0 Å². The molecule has 0 heterocycles. The maximum absolute atomic E-state index is 6.19. The van der Waals surface area contributed by atoms with E-state index in [0.29, 0.717) is 6.04 Å². The standard InChI is InChI=1S/C17H27NO2/c1-13-4-9-16(18-2)17(12-13)20-15-7-5-14(6-8-15)10-11-19-3/h5-8,13,16-18H,4,9-12H2,1-3H3. The first kappa shape index (κ1) is 15.3. The molecule has 3 unspecified atom stereocenters. The summed E-state index contributed by atoms with van der Waals surface area (Å²) in [5.41, 5.74) is 1.29. The summed E-state index contributed by atoms with van der Waals surface area (Å²) in [6, 6.07) is 8.90. The van der Waals surface area contributed by atoms with Crippen LogP contribution in [-0.2, 0) is 11.2 Å². The Balaban J connectivity index is 1.94. The van der Waals surface area contributed by atoms with E-state index in [0.717, 1.165) is 31.1 Å². The van der Waals surface area contributed by atoms with Crippen LogP contribution in [0.1, 0.15) is 31.7 Å². The summed E-state index contributed by atoms with van der Waals surface area (Å²) < 4.78 is 11.3. The molecule has 1 aliphatic carbocycles. The van der Waals surface area contributed by atoms with Crippen molar-refractivity contribution in [1.82, 2.24) is 5.32 Å². The predicted octanol–water partition coefficient (Wildman–Crippen LogP) is 3.03. The van der Waals surface area contributed by atoms with Crippen LogP contribution >= 0.6 is 0 Å². The van der Waals surface area contributed by atoms with Gasteiger partial charge >= 0.3 is 0 Å². The van der Waals surface area contributed by atoms with Crippen molar-refractivity contribution in [3.8, 4) is 5.75 Å². The van der Waals surface area contributed by atoms with Crippen molar-refractivity contribution in [2.75, 3.05) is 20.8 Å². The Morgan fingerprint density at radius 3 is 2.60 bits per heavy atom. The highest BCUT2D eigenvalue weighted by atomic mass is 16.5. The van der Waals surface area contributed by atoms with Gasteiger partial charge in [-0.05, 0) is 56.3 Å². The van der Waals surface area contributed by atoms with Crippen molar-refractivity contribution < 1.29 is 9.47 Å². The molecular weight excluding hydrogens is 250 g/mol. The fourth-order valence-electron chi connectivity index (χ4n) is 2.92. The van der Waals surface area contributed by atoms with Gasteiger partial charge in [-0.3, -0.25) is 0 Å². The highest BCUT2D eigenvalue weighted by molar-refractivity contribution is 5.27. The van der Waals surface area contributed by atoms with Gasteiger partial charge in [0.15, 0.2) is 0 Å². The quantitative estimate of drug-likeness (QED) is 0.867. The van der Waals surface area contributed by atoms with Crippen molar-refractivity contribution in [2.45, 2.75) is 44.8 Å². The number of nitrogens with one attached hydrogen (secondary N) is 1. The van der Waals surface area contributed by atoms with Crippen LogP contribution in [0.4, 0.5) is 0 Å². The third kappa shape index (κ3) is 4.22. The summed E-state index contributed by atoms with van der Waals surface area (Å²) in [4.78, 5) is 0. The Bertz CT molecular complexity index is 390. The van der Waals surface area contributed by atoms with E-state index in [1.807, 2.05) is 7.05 Å². The zero-order chi connectivity index (χ0) is 14.4. The molecule has 0 amide bonds. The Kier molecular flexibility index (Phi) is 5.86. The number of hydrogen-bond donors (Lipinski definition) is 1. The molecule has 1 aliphatic rings. The molecule has 112 valence electrons. The fraction of sp³-hybridized carbons (Fsp3) is 0.647. The third-order valence-electron chi connectivity index (χ3n) is 4.23. The lowest BCUT2D eigenvalue weighted by molar-refractivity contribution is 0.0944. The molecule has 1 fully saturated rings. The molecular formula is C17H27NO2. The first-order valence-electron chi connectivity index (χ1n) is 7.64. The average Bonchev–Trinajstić information content (AvgIpc) is 2.47. The van der Waals surface area contributed by atoms with Gasteiger partial charge in [0.05, 0.1) is 6.61 Å². The van der Waals surface area contributed by atoms with Crippen LogP contribution in [0.25, 0.3) is 0 Å². The van der Waals surface area contributed by atoms with Crippen molar-refractivity contribution in [3.05, 3.63) is 29.8 Å². The van der Waals surface area contributed by atoms with E-state index in [2.05, 4.69) is 36.5 Å². The molecule has 0 aliphatic heterocycles. The van der Waals surface area contributed by atoms with E-state index >= 15 is 0 Å². The summed E-state index contributed by atoms with van der Waals surface area (Å²) in [5, 5.41) is 3.39. The molecule has 1 saturated carbocycles. The largest absolute Gasteiger partial charge is 0.489 e. The first-order chi connectivity index (χ1) is 9.72. The minimum Gasteiger partial charge on any atom is -0.489 e. The van der Waals surface area contributed by atoms with Crippen LogP contribution in [0.2, 0.25) is 0 Å². The maximum atomic E-state index is 6.19. The van der Waals surface area contributed by atoms with E-state index in [9.17, 15) is 0 Å². The maximum Gasteiger partial charge on any atom is 0.119 e. The van der Waals surface area contributed by atoms with Gasteiger partial charge in [0.25, 0.3) is 0 Å². The summed E-state index contributed by atoms with van der Waals surface area (Å²) in [6.07, 6.45) is 4.87. The number of ether oxygens (including phenoxy) is 2. The van der Waals surface area contributed by atoms with Crippen LogP contribution in [-0.4, -0.2) is 32.9 Å². The van der Waals surface area contributed by atoms with E-state index in [-0.39, 0.29) is 6.10 Å². The Labute approximate surface area is 122 Å². The number of methoxy groups -OCH3 is 1. The molecule has 0 saturated heterocycles. The second-order valence-electron chi connectivity index (χ2n) is 5.86. The minimum atomic E-state index is 0.286. The summed E-state index contributed by atoms with van der Waals surface area (Å²) >= 11 is 0. The Hall–Kier alpha value is -1.06. The van der Waals surface area contributed by atoms with Gasteiger partial charge < -0.3 is 14.8 Å². The SMILES string of the molecule is CNC1CCC(C)CC1Oc1ccc(CCOC)cc1. The van der Waals surface area contributed by atoms with E-state index in [4.69, 9.17) is 9.47 Å². The predicted molar refractivity (Wildman–Crippen MR) is 82.3 cm³/mol. The topological polar surface area (TPSA) is 30.5 Å². The molecule has 1 N–H and O–H groups in total. The number of hydrogen-bond acceptors (Lipinski definition) is 3. The lowest BCUT2D eigenvalue weighted by atomic mass is 9.85. The lowest BCUT2D eigenvalue weighted by Gasteiger charge is -2.34. The van der Waals surface area contributed by atoms with Gasteiger partial charge in [-0.15, -0.1) is 0 Å². The van der Waals surface area contributed by atoms with Gasteiger partial charge in [0.1, 0.15) is 11.9 Å². The van der Waals surface area contributed by atoms with Crippen molar-refractivity contribution in [2.24, 2.45) is 5.92 Å². The Morgan fingerprint density at radius 1 is 1.20 bits per heavy atom. The van der Waals surface area contributed by atoms with E-state index in [1.165, 1.54) is 18.4 Å². The van der Waals surface area contributed by atoms with Crippen LogP contribution in [0.5, 0.6) is 5.75 Å². The molecule has 0 bridgehead atoms. The minimum absolute atomic E-state index is 0.286. The average molecular weight is 277 g/mol. The molecule has 20 heavy (non-hydrogen) atoms. The van der Waals surface area contributed by atoms with Gasteiger partial charge in [-0.1, -0.05) is 19.1 Å². The van der Waals surface area contributed by atoms with Crippen LogP contribution in [0, 0.1) is 5.92 Å².